The van der Waals surface area contributed by atoms with E-state index in [0.717, 1.165) is 16.2 Å². The van der Waals surface area contributed by atoms with Gasteiger partial charge in [0.15, 0.2) is 0 Å². The Bertz CT molecular complexity index is 1280. The average molecular weight is 387 g/mol. The van der Waals surface area contributed by atoms with Gasteiger partial charge in [0.2, 0.25) is 0 Å². The largest absolute Gasteiger partial charge is 0.493 e. The standard InChI is InChI=1S/C23H21N3O3/c1-3-29-20-13-12-15-8-4-5-9-16(15)21(20)22(27)24-14-19-17-10-6-7-11-18(17)23(28)26(2)25-19/h4-13H,3,14H2,1-2H3,(H,24,27). The fraction of sp³-hybridized carbons (Fsp3) is 0.174. The van der Waals surface area contributed by atoms with Crippen LogP contribution in [0.4, 0.5) is 0 Å². The van der Waals surface area contributed by atoms with Crippen LogP contribution in [0.25, 0.3) is 21.5 Å². The number of nitrogens with one attached hydrogen (secondary N) is 1. The smallest absolute Gasteiger partial charge is 0.274 e. The highest BCUT2D eigenvalue weighted by Crippen LogP contribution is 2.28. The van der Waals surface area contributed by atoms with Crippen molar-refractivity contribution in [1.29, 1.82) is 0 Å². The molecule has 4 aromatic rings. The highest BCUT2D eigenvalue weighted by Gasteiger charge is 2.17. The fourth-order valence-electron chi connectivity index (χ4n) is 3.52. The molecular formula is C23H21N3O3. The van der Waals surface area contributed by atoms with Crippen LogP contribution in [-0.2, 0) is 13.6 Å². The molecule has 1 heterocycles. The van der Waals surface area contributed by atoms with E-state index in [4.69, 9.17) is 4.74 Å². The second-order valence-corrected chi connectivity index (χ2v) is 6.70. The first-order valence-corrected chi connectivity index (χ1v) is 9.48. The Morgan fingerprint density at radius 1 is 1.00 bits per heavy atom. The number of rotatable bonds is 5. The number of aromatic nitrogens is 2. The Labute approximate surface area is 167 Å². The van der Waals surface area contributed by atoms with E-state index < -0.39 is 0 Å². The molecule has 29 heavy (non-hydrogen) atoms. The van der Waals surface area contributed by atoms with Gasteiger partial charge in [0, 0.05) is 12.4 Å². The lowest BCUT2D eigenvalue weighted by Crippen LogP contribution is -2.27. The predicted octanol–water partition coefficient (Wildman–Crippen LogP) is 3.42. The molecular weight excluding hydrogens is 366 g/mol. The molecule has 3 aromatic carbocycles. The number of nitrogens with zero attached hydrogens (tertiary/aromatic N) is 2. The molecule has 0 fully saturated rings. The van der Waals surface area contributed by atoms with Crippen LogP contribution in [0.2, 0.25) is 0 Å². The van der Waals surface area contributed by atoms with E-state index in [1.807, 2.05) is 61.5 Å². The zero-order chi connectivity index (χ0) is 20.4. The number of amides is 1. The Kier molecular flexibility index (Phi) is 4.99. The molecule has 0 radical (unpaired) electrons. The van der Waals surface area contributed by atoms with E-state index in [1.54, 1.807) is 13.1 Å². The summed E-state index contributed by atoms with van der Waals surface area (Å²) in [6.07, 6.45) is 0. The first kappa shape index (κ1) is 18.7. The molecule has 1 aromatic heterocycles. The first-order chi connectivity index (χ1) is 14.1. The van der Waals surface area contributed by atoms with Crippen molar-refractivity contribution in [2.45, 2.75) is 13.5 Å². The SMILES string of the molecule is CCOc1ccc2ccccc2c1C(=O)NCc1nn(C)c(=O)c2ccccc12. The number of aryl methyl sites for hydroxylation is 1. The molecule has 0 aliphatic rings. The zero-order valence-corrected chi connectivity index (χ0v) is 16.3. The van der Waals surface area contributed by atoms with E-state index in [-0.39, 0.29) is 18.0 Å². The van der Waals surface area contributed by atoms with Gasteiger partial charge in [-0.15, -0.1) is 0 Å². The third-order valence-corrected chi connectivity index (χ3v) is 4.87. The molecule has 0 aliphatic carbocycles. The summed E-state index contributed by atoms with van der Waals surface area (Å²) in [5.74, 6) is 0.298. The van der Waals surface area contributed by atoms with Gasteiger partial charge < -0.3 is 10.1 Å². The van der Waals surface area contributed by atoms with Gasteiger partial charge in [0.05, 0.1) is 29.8 Å². The molecule has 0 unspecified atom stereocenters. The molecule has 146 valence electrons. The highest BCUT2D eigenvalue weighted by molar-refractivity contribution is 6.09. The van der Waals surface area contributed by atoms with Gasteiger partial charge in [0.1, 0.15) is 5.75 Å². The maximum Gasteiger partial charge on any atom is 0.274 e. The molecule has 0 saturated heterocycles. The van der Waals surface area contributed by atoms with Crippen LogP contribution < -0.4 is 15.6 Å². The molecule has 6 heteroatoms. The summed E-state index contributed by atoms with van der Waals surface area (Å²) in [7, 11) is 1.61. The Hall–Kier alpha value is -3.67. The molecule has 0 spiro atoms. The summed E-state index contributed by atoms with van der Waals surface area (Å²) in [5.41, 5.74) is 0.969. The number of fused-ring (bicyclic) bond motifs is 2. The van der Waals surface area contributed by atoms with E-state index >= 15 is 0 Å². The summed E-state index contributed by atoms with van der Waals surface area (Å²) in [6.45, 7) is 2.55. The van der Waals surface area contributed by atoms with Gasteiger partial charge in [-0.3, -0.25) is 9.59 Å². The van der Waals surface area contributed by atoms with E-state index in [9.17, 15) is 9.59 Å². The second-order valence-electron chi connectivity index (χ2n) is 6.70. The highest BCUT2D eigenvalue weighted by atomic mass is 16.5. The fourth-order valence-corrected chi connectivity index (χ4v) is 3.52. The van der Waals surface area contributed by atoms with Gasteiger partial charge in [-0.1, -0.05) is 48.5 Å². The predicted molar refractivity (Wildman–Crippen MR) is 113 cm³/mol. The van der Waals surface area contributed by atoms with Crippen LogP contribution in [0.3, 0.4) is 0 Å². The molecule has 6 nitrogen and oxygen atoms in total. The van der Waals surface area contributed by atoms with Gasteiger partial charge >= 0.3 is 0 Å². The van der Waals surface area contributed by atoms with Crippen molar-refractivity contribution in [2.24, 2.45) is 7.05 Å². The molecule has 0 bridgehead atoms. The van der Waals surface area contributed by atoms with Crippen molar-refractivity contribution in [1.82, 2.24) is 15.1 Å². The molecule has 4 rings (SSSR count). The third-order valence-electron chi connectivity index (χ3n) is 4.87. The summed E-state index contributed by atoms with van der Waals surface area (Å²) in [6, 6.07) is 18.7. The number of carbonyl (C=O) groups excluding carboxylic acids is 1. The monoisotopic (exact) mass is 387 g/mol. The lowest BCUT2D eigenvalue weighted by atomic mass is 10.0. The number of ether oxygens (including phenoxy) is 1. The lowest BCUT2D eigenvalue weighted by molar-refractivity contribution is 0.0948. The molecule has 0 saturated carbocycles. The maximum atomic E-state index is 13.1. The first-order valence-electron chi connectivity index (χ1n) is 9.48. The van der Waals surface area contributed by atoms with E-state index in [1.165, 1.54) is 4.68 Å². The summed E-state index contributed by atoms with van der Waals surface area (Å²) >= 11 is 0. The average Bonchev–Trinajstić information content (AvgIpc) is 2.75. The summed E-state index contributed by atoms with van der Waals surface area (Å²) < 4.78 is 7.00. The van der Waals surface area contributed by atoms with Crippen LogP contribution >= 0.6 is 0 Å². The topological polar surface area (TPSA) is 73.2 Å². The molecule has 1 amide bonds. The van der Waals surface area contributed by atoms with Crippen LogP contribution in [0.5, 0.6) is 5.75 Å². The van der Waals surface area contributed by atoms with Crippen molar-refractivity contribution in [3.05, 3.63) is 82.3 Å². The van der Waals surface area contributed by atoms with Crippen molar-refractivity contribution in [3.63, 3.8) is 0 Å². The van der Waals surface area contributed by atoms with Gasteiger partial charge in [0.25, 0.3) is 11.5 Å². The van der Waals surface area contributed by atoms with Crippen molar-refractivity contribution < 1.29 is 9.53 Å². The minimum atomic E-state index is -0.245. The zero-order valence-electron chi connectivity index (χ0n) is 16.3. The lowest BCUT2D eigenvalue weighted by Gasteiger charge is -2.14. The van der Waals surface area contributed by atoms with E-state index in [2.05, 4.69) is 10.4 Å². The quantitative estimate of drug-likeness (QED) is 0.570. The molecule has 1 N–H and O–H groups in total. The van der Waals surface area contributed by atoms with Gasteiger partial charge in [-0.2, -0.15) is 5.10 Å². The minimum absolute atomic E-state index is 0.164. The van der Waals surface area contributed by atoms with Crippen molar-refractivity contribution in [2.75, 3.05) is 6.61 Å². The Morgan fingerprint density at radius 2 is 1.69 bits per heavy atom. The Balaban J connectivity index is 1.71. The van der Waals surface area contributed by atoms with Crippen LogP contribution in [0.1, 0.15) is 23.0 Å². The van der Waals surface area contributed by atoms with E-state index in [0.29, 0.717) is 29.0 Å². The van der Waals surface area contributed by atoms with Crippen molar-refractivity contribution in [3.8, 4) is 5.75 Å². The minimum Gasteiger partial charge on any atom is -0.493 e. The number of hydrogen-bond donors (Lipinski definition) is 1. The summed E-state index contributed by atoms with van der Waals surface area (Å²) in [4.78, 5) is 25.4. The number of hydrogen-bond acceptors (Lipinski definition) is 4. The van der Waals surface area contributed by atoms with Crippen LogP contribution in [-0.4, -0.2) is 22.3 Å². The van der Waals surface area contributed by atoms with Gasteiger partial charge in [-0.05, 0) is 29.8 Å². The van der Waals surface area contributed by atoms with Crippen LogP contribution in [0, 0.1) is 0 Å². The van der Waals surface area contributed by atoms with Crippen molar-refractivity contribution >= 4 is 27.5 Å². The maximum absolute atomic E-state index is 13.1. The number of benzene rings is 3. The molecule has 0 atom stereocenters. The van der Waals surface area contributed by atoms with Gasteiger partial charge in [-0.25, -0.2) is 4.68 Å². The normalized spacial score (nSPS) is 11.0. The van der Waals surface area contributed by atoms with Crippen LogP contribution in [0.15, 0.2) is 65.5 Å². The molecule has 0 aliphatic heterocycles. The third kappa shape index (κ3) is 3.45. The Morgan fingerprint density at radius 3 is 2.45 bits per heavy atom. The number of carbonyl (C=O) groups is 1. The second kappa shape index (κ2) is 7.75. The summed E-state index contributed by atoms with van der Waals surface area (Å²) in [5, 5.41) is 10.4.